The molecule has 0 saturated carbocycles. The van der Waals surface area contributed by atoms with Gasteiger partial charge in [-0.15, -0.1) is 0 Å². The fourth-order valence-corrected chi connectivity index (χ4v) is 2.04. The molecule has 0 radical (unpaired) electrons. The third-order valence-corrected chi connectivity index (χ3v) is 3.41. The molecule has 0 aliphatic heterocycles. The van der Waals surface area contributed by atoms with Crippen LogP contribution < -0.4 is 4.74 Å². The second kappa shape index (κ2) is 5.63. The molecule has 0 bridgehead atoms. The van der Waals surface area contributed by atoms with Gasteiger partial charge in [-0.3, -0.25) is 4.21 Å². The SMILES string of the molecule is C[S@@](=O)c1ccc(Oc2cccc(F)c2C#N)cc1. The molecule has 0 heterocycles. The fraction of sp³-hybridized carbons (Fsp3) is 0.0714. The molecular weight excluding hydrogens is 265 g/mol. The first-order chi connectivity index (χ1) is 9.11. The van der Waals surface area contributed by atoms with E-state index in [0.29, 0.717) is 10.6 Å². The van der Waals surface area contributed by atoms with Crippen LogP contribution in [0.2, 0.25) is 0 Å². The second-order valence-corrected chi connectivity index (χ2v) is 5.13. The zero-order chi connectivity index (χ0) is 13.8. The minimum absolute atomic E-state index is 0.134. The van der Waals surface area contributed by atoms with Crippen LogP contribution in [-0.2, 0) is 10.8 Å². The second-order valence-electron chi connectivity index (χ2n) is 3.75. The largest absolute Gasteiger partial charge is 0.456 e. The van der Waals surface area contributed by atoms with Gasteiger partial charge in [0, 0.05) is 22.0 Å². The summed E-state index contributed by atoms with van der Waals surface area (Å²) in [5.74, 6) is -0.00421. The topological polar surface area (TPSA) is 50.1 Å². The molecule has 96 valence electrons. The van der Waals surface area contributed by atoms with E-state index in [2.05, 4.69) is 0 Å². The van der Waals surface area contributed by atoms with Gasteiger partial charge in [0.25, 0.3) is 0 Å². The van der Waals surface area contributed by atoms with Crippen LogP contribution in [0, 0.1) is 17.1 Å². The lowest BCUT2D eigenvalue weighted by atomic mass is 10.2. The predicted octanol–water partition coefficient (Wildman–Crippen LogP) is 3.23. The Morgan fingerprint density at radius 1 is 1.21 bits per heavy atom. The smallest absolute Gasteiger partial charge is 0.148 e. The Morgan fingerprint density at radius 3 is 2.47 bits per heavy atom. The van der Waals surface area contributed by atoms with E-state index in [0.717, 1.165) is 0 Å². The number of nitriles is 1. The minimum Gasteiger partial charge on any atom is -0.456 e. The van der Waals surface area contributed by atoms with Crippen molar-refractivity contribution in [3.63, 3.8) is 0 Å². The number of rotatable bonds is 3. The van der Waals surface area contributed by atoms with Crippen LogP contribution in [0.5, 0.6) is 11.5 Å². The quantitative estimate of drug-likeness (QED) is 0.864. The average molecular weight is 275 g/mol. The Bertz CT molecular complexity index is 662. The van der Waals surface area contributed by atoms with Crippen molar-refractivity contribution in [2.24, 2.45) is 0 Å². The Morgan fingerprint density at radius 2 is 1.89 bits per heavy atom. The van der Waals surface area contributed by atoms with Crippen molar-refractivity contribution < 1.29 is 13.3 Å². The van der Waals surface area contributed by atoms with Crippen LogP contribution in [0.4, 0.5) is 4.39 Å². The standard InChI is InChI=1S/C14H10FNO2S/c1-19(17)11-7-5-10(6-8-11)18-14-4-2-3-13(15)12(14)9-16/h2-8H,1H3/t19-/m1/s1. The molecule has 0 spiro atoms. The molecule has 0 aliphatic rings. The van der Waals surface area contributed by atoms with Crippen molar-refractivity contribution in [1.82, 2.24) is 0 Å². The number of hydrogen-bond acceptors (Lipinski definition) is 3. The van der Waals surface area contributed by atoms with E-state index in [9.17, 15) is 8.60 Å². The van der Waals surface area contributed by atoms with E-state index in [1.165, 1.54) is 18.2 Å². The lowest BCUT2D eigenvalue weighted by Gasteiger charge is -2.08. The number of hydrogen-bond donors (Lipinski definition) is 0. The van der Waals surface area contributed by atoms with Crippen LogP contribution in [-0.4, -0.2) is 10.5 Å². The lowest BCUT2D eigenvalue weighted by molar-refractivity contribution is 0.474. The first kappa shape index (κ1) is 13.2. The molecule has 2 rings (SSSR count). The first-order valence-electron chi connectivity index (χ1n) is 5.42. The summed E-state index contributed by atoms with van der Waals surface area (Å²) in [6.45, 7) is 0. The van der Waals surface area contributed by atoms with E-state index in [1.54, 1.807) is 36.6 Å². The molecule has 0 fully saturated rings. The molecule has 0 N–H and O–H groups in total. The highest BCUT2D eigenvalue weighted by atomic mass is 32.2. The maximum atomic E-state index is 13.4. The van der Waals surface area contributed by atoms with Crippen molar-refractivity contribution >= 4 is 10.8 Å². The van der Waals surface area contributed by atoms with Gasteiger partial charge in [-0.1, -0.05) is 6.07 Å². The number of nitrogens with zero attached hydrogens (tertiary/aromatic N) is 1. The van der Waals surface area contributed by atoms with E-state index in [4.69, 9.17) is 10.00 Å². The summed E-state index contributed by atoms with van der Waals surface area (Å²) >= 11 is 0. The van der Waals surface area contributed by atoms with Crippen LogP contribution >= 0.6 is 0 Å². The van der Waals surface area contributed by atoms with Crippen molar-refractivity contribution in [1.29, 1.82) is 5.26 Å². The summed E-state index contributed by atoms with van der Waals surface area (Å²) in [5, 5.41) is 8.88. The number of benzene rings is 2. The molecule has 19 heavy (non-hydrogen) atoms. The highest BCUT2D eigenvalue weighted by Crippen LogP contribution is 2.27. The Balaban J connectivity index is 2.29. The van der Waals surface area contributed by atoms with E-state index in [-0.39, 0.29) is 11.3 Å². The van der Waals surface area contributed by atoms with Gasteiger partial charge >= 0.3 is 0 Å². The summed E-state index contributed by atoms with van der Waals surface area (Å²) in [6, 6.07) is 12.5. The highest BCUT2D eigenvalue weighted by Gasteiger charge is 2.09. The predicted molar refractivity (Wildman–Crippen MR) is 70.0 cm³/mol. The van der Waals surface area contributed by atoms with Crippen molar-refractivity contribution in [3.8, 4) is 17.6 Å². The van der Waals surface area contributed by atoms with Gasteiger partial charge < -0.3 is 4.74 Å². The van der Waals surface area contributed by atoms with Gasteiger partial charge in [0.05, 0.1) is 0 Å². The Labute approximate surface area is 112 Å². The van der Waals surface area contributed by atoms with Crippen molar-refractivity contribution in [3.05, 3.63) is 53.8 Å². The molecule has 0 aliphatic carbocycles. The van der Waals surface area contributed by atoms with Gasteiger partial charge in [0.2, 0.25) is 0 Å². The molecule has 0 unspecified atom stereocenters. The molecule has 5 heteroatoms. The summed E-state index contributed by atoms with van der Waals surface area (Å²) in [7, 11) is -1.06. The molecule has 3 nitrogen and oxygen atoms in total. The normalized spacial score (nSPS) is 11.6. The zero-order valence-electron chi connectivity index (χ0n) is 10.1. The van der Waals surface area contributed by atoms with Crippen LogP contribution in [0.3, 0.4) is 0 Å². The fourth-order valence-electron chi connectivity index (χ4n) is 1.52. The maximum Gasteiger partial charge on any atom is 0.148 e. The molecule has 2 aromatic carbocycles. The van der Waals surface area contributed by atoms with Crippen LogP contribution in [0.25, 0.3) is 0 Å². The van der Waals surface area contributed by atoms with Crippen LogP contribution in [0.15, 0.2) is 47.4 Å². The molecule has 0 saturated heterocycles. The molecule has 0 aromatic heterocycles. The minimum atomic E-state index is -1.06. The summed E-state index contributed by atoms with van der Waals surface area (Å²) in [6.07, 6.45) is 1.58. The monoisotopic (exact) mass is 275 g/mol. The Kier molecular flexibility index (Phi) is 3.93. The van der Waals surface area contributed by atoms with Gasteiger partial charge in [-0.2, -0.15) is 5.26 Å². The lowest BCUT2D eigenvalue weighted by Crippen LogP contribution is -1.92. The van der Waals surface area contributed by atoms with E-state index in [1.807, 2.05) is 0 Å². The summed E-state index contributed by atoms with van der Waals surface area (Å²) < 4.78 is 30.1. The number of ether oxygens (including phenoxy) is 1. The molecular formula is C14H10FNO2S. The van der Waals surface area contributed by atoms with Crippen LogP contribution in [0.1, 0.15) is 5.56 Å². The average Bonchev–Trinajstić information content (AvgIpc) is 2.39. The molecule has 0 amide bonds. The van der Waals surface area contributed by atoms with Crippen molar-refractivity contribution in [2.45, 2.75) is 4.90 Å². The third kappa shape index (κ3) is 2.98. The molecule has 2 aromatic rings. The maximum absolute atomic E-state index is 13.4. The van der Waals surface area contributed by atoms with Gasteiger partial charge in [-0.25, -0.2) is 4.39 Å². The first-order valence-corrected chi connectivity index (χ1v) is 6.97. The zero-order valence-corrected chi connectivity index (χ0v) is 10.9. The highest BCUT2D eigenvalue weighted by molar-refractivity contribution is 7.84. The Hall–Kier alpha value is -2.19. The summed E-state index contributed by atoms with van der Waals surface area (Å²) in [5.41, 5.74) is -0.134. The summed E-state index contributed by atoms with van der Waals surface area (Å²) in [4.78, 5) is 0.673. The van der Waals surface area contributed by atoms with Gasteiger partial charge in [0.15, 0.2) is 0 Å². The number of halogens is 1. The van der Waals surface area contributed by atoms with Gasteiger partial charge in [0.1, 0.15) is 28.9 Å². The van der Waals surface area contributed by atoms with Crippen molar-refractivity contribution in [2.75, 3.05) is 6.26 Å². The van der Waals surface area contributed by atoms with E-state index >= 15 is 0 Å². The van der Waals surface area contributed by atoms with Gasteiger partial charge in [-0.05, 0) is 36.4 Å². The van der Waals surface area contributed by atoms with E-state index < -0.39 is 16.6 Å². The molecule has 1 atom stereocenters. The third-order valence-electron chi connectivity index (χ3n) is 2.47.